The maximum absolute atomic E-state index is 11.4. The normalized spacial score (nSPS) is 12.3. The Labute approximate surface area is 50.2 Å². The van der Waals surface area contributed by atoms with Gasteiger partial charge in [0, 0.05) is 0 Å². The fraction of sp³-hybridized carbons (Fsp3) is 0. The minimum absolute atomic E-state index is 0.623. The molecule has 38 valence electrons. The first-order valence-corrected chi connectivity index (χ1v) is 2.02. The monoisotopic (exact) mass is 139 g/mol. The molecule has 0 fully saturated rings. The second-order valence-corrected chi connectivity index (χ2v) is 1.35. The van der Waals surface area contributed by atoms with Crippen molar-refractivity contribution in [2.75, 3.05) is 0 Å². The maximum Gasteiger partial charge on any atom is 0.299 e. The number of hydrogen-bond acceptors (Lipinski definition) is 0. The van der Waals surface area contributed by atoms with Crippen LogP contribution in [0.2, 0.25) is 0 Å². The highest BCUT2D eigenvalue weighted by Crippen LogP contribution is 2.14. The molecular weight excluding hydrogens is 140 g/mol. The number of hydrogen-bond donors (Lipinski definition) is 0. The summed E-state index contributed by atoms with van der Waals surface area (Å²) in [4.78, 5) is 2.48. The predicted octanol–water partition coefficient (Wildman–Crippen LogP) is 2.48. The van der Waals surface area contributed by atoms with Gasteiger partial charge in [-0.2, -0.15) is 0 Å². The fourth-order valence-electron chi connectivity index (χ4n) is 0.0423. The highest BCUT2D eigenvalue weighted by molar-refractivity contribution is 6.38. The molecule has 0 aromatic carbocycles. The molecule has 7 heavy (non-hydrogen) atoms. The lowest BCUT2D eigenvalue weighted by atomic mass is 11.0. The van der Waals surface area contributed by atoms with Crippen LogP contribution in [0.5, 0.6) is 0 Å². The van der Waals surface area contributed by atoms with Crippen LogP contribution in [-0.2, 0) is 0 Å². The van der Waals surface area contributed by atoms with E-state index in [1.165, 1.54) is 0 Å². The lowest BCUT2D eigenvalue weighted by Crippen LogP contribution is -1.56. The number of nitrogens with zero attached hydrogens (tertiary/aromatic N) is 1. The Morgan fingerprint density at radius 1 is 1.57 bits per heavy atom. The van der Waals surface area contributed by atoms with Gasteiger partial charge >= 0.3 is 0 Å². The van der Waals surface area contributed by atoms with E-state index >= 15 is 0 Å². The van der Waals surface area contributed by atoms with Crippen LogP contribution in [0.25, 0.3) is 4.85 Å². The molecule has 0 aromatic heterocycles. The third-order valence-corrected chi connectivity index (χ3v) is 0.780. The van der Waals surface area contributed by atoms with E-state index in [2.05, 4.69) is 16.4 Å². The van der Waals surface area contributed by atoms with E-state index in [-0.39, 0.29) is 0 Å². The summed E-state index contributed by atoms with van der Waals surface area (Å²) < 4.78 is 11.4. The molecule has 0 spiro atoms. The molecule has 0 N–H and O–H groups in total. The van der Waals surface area contributed by atoms with Gasteiger partial charge in [0.1, 0.15) is 0 Å². The van der Waals surface area contributed by atoms with Gasteiger partial charge < -0.3 is 0 Å². The average Bonchev–Trinajstić information content (AvgIpc) is 1.65. The summed E-state index contributed by atoms with van der Waals surface area (Å²) in [5.74, 6) is 0. The van der Waals surface area contributed by atoms with Crippen molar-refractivity contribution >= 4 is 23.2 Å². The highest BCUT2D eigenvalue weighted by Gasteiger charge is 1.94. The van der Waals surface area contributed by atoms with Gasteiger partial charge in [-0.3, -0.25) is 0 Å². The lowest BCUT2D eigenvalue weighted by Gasteiger charge is -1.75. The molecule has 0 rings (SSSR count). The van der Waals surface area contributed by atoms with Crippen LogP contribution in [0.3, 0.4) is 0 Å². The SMILES string of the molecule is [C-]#[N+]/C(Cl)=C(/F)Cl. The second kappa shape index (κ2) is 2.84. The average molecular weight is 140 g/mol. The van der Waals surface area contributed by atoms with Crippen LogP contribution < -0.4 is 0 Å². The molecule has 0 bridgehead atoms. The van der Waals surface area contributed by atoms with E-state index in [1.54, 1.807) is 0 Å². The second-order valence-electron chi connectivity index (χ2n) is 0.663. The highest BCUT2D eigenvalue weighted by atomic mass is 35.5. The molecule has 0 aromatic rings. The first-order valence-electron chi connectivity index (χ1n) is 1.26. The van der Waals surface area contributed by atoms with E-state index in [4.69, 9.17) is 18.2 Å². The van der Waals surface area contributed by atoms with Crippen LogP contribution in [0, 0.1) is 6.57 Å². The molecule has 1 nitrogen and oxygen atoms in total. The van der Waals surface area contributed by atoms with Crippen molar-refractivity contribution in [1.82, 2.24) is 0 Å². The van der Waals surface area contributed by atoms with Crippen molar-refractivity contribution in [3.05, 3.63) is 21.9 Å². The first-order chi connectivity index (χ1) is 3.18. The molecule has 0 aliphatic rings. The summed E-state index contributed by atoms with van der Waals surface area (Å²) in [6.07, 6.45) is 0. The van der Waals surface area contributed by atoms with Gasteiger partial charge in [0.15, 0.2) is 0 Å². The Balaban J connectivity index is 4.07. The molecule has 0 unspecified atom stereocenters. The molecule has 0 saturated heterocycles. The zero-order chi connectivity index (χ0) is 5.86. The summed E-state index contributed by atoms with van der Waals surface area (Å²) in [6, 6.07) is 0. The van der Waals surface area contributed by atoms with Gasteiger partial charge in [0.05, 0.1) is 6.57 Å². The van der Waals surface area contributed by atoms with Gasteiger partial charge in [-0.1, -0.05) is 11.6 Å². The van der Waals surface area contributed by atoms with Gasteiger partial charge in [0.25, 0.3) is 5.16 Å². The van der Waals surface area contributed by atoms with Crippen LogP contribution >= 0.6 is 23.2 Å². The number of halogens is 3. The molecule has 0 atom stereocenters. The van der Waals surface area contributed by atoms with Gasteiger partial charge in [-0.05, 0) is 0 Å². The zero-order valence-electron chi connectivity index (χ0n) is 3.08. The fourth-order valence-corrected chi connectivity index (χ4v) is 0.0845. The maximum atomic E-state index is 11.4. The van der Waals surface area contributed by atoms with E-state index in [0.717, 1.165) is 0 Å². The molecule has 0 saturated carbocycles. The van der Waals surface area contributed by atoms with Crippen molar-refractivity contribution < 1.29 is 4.39 Å². The molecule has 4 heteroatoms. The van der Waals surface area contributed by atoms with Crippen LogP contribution in [0.1, 0.15) is 0 Å². The van der Waals surface area contributed by atoms with Crippen LogP contribution in [0.4, 0.5) is 4.39 Å². The van der Waals surface area contributed by atoms with Gasteiger partial charge in [-0.15, -0.1) is 11.6 Å². The third kappa shape index (κ3) is 2.44. The largest absolute Gasteiger partial charge is 0.299 e. The Kier molecular flexibility index (Phi) is 2.73. The molecular formula is C3Cl2FN. The minimum Gasteiger partial charge on any atom is -0.221 e. The Bertz CT molecular complexity index is 130. The van der Waals surface area contributed by atoms with E-state index in [1.807, 2.05) is 0 Å². The number of rotatable bonds is 0. The zero-order valence-corrected chi connectivity index (χ0v) is 4.59. The van der Waals surface area contributed by atoms with E-state index in [9.17, 15) is 4.39 Å². The van der Waals surface area contributed by atoms with Crippen molar-refractivity contribution in [2.45, 2.75) is 0 Å². The molecule has 0 radical (unpaired) electrons. The molecule has 0 aliphatic heterocycles. The molecule has 0 heterocycles. The van der Waals surface area contributed by atoms with E-state index in [0.29, 0.717) is 0 Å². The Morgan fingerprint density at radius 2 is 2.00 bits per heavy atom. The van der Waals surface area contributed by atoms with Crippen molar-refractivity contribution in [3.63, 3.8) is 0 Å². The topological polar surface area (TPSA) is 4.36 Å². The van der Waals surface area contributed by atoms with Crippen molar-refractivity contribution in [2.24, 2.45) is 0 Å². The predicted molar refractivity (Wildman–Crippen MR) is 26.4 cm³/mol. The van der Waals surface area contributed by atoms with Crippen molar-refractivity contribution in [3.8, 4) is 0 Å². The standard InChI is InChI=1S/C3Cl2FN/c1-7-3(5)2(4)6/b3-2+. The van der Waals surface area contributed by atoms with Crippen LogP contribution in [0.15, 0.2) is 10.4 Å². The van der Waals surface area contributed by atoms with Crippen LogP contribution in [-0.4, -0.2) is 0 Å². The summed E-state index contributed by atoms with van der Waals surface area (Å²) in [5.41, 5.74) is 0. The summed E-state index contributed by atoms with van der Waals surface area (Å²) in [6.45, 7) is 6.05. The molecule has 0 aliphatic carbocycles. The summed E-state index contributed by atoms with van der Waals surface area (Å²) >= 11 is 9.41. The minimum atomic E-state index is -1.16. The molecule has 0 amide bonds. The van der Waals surface area contributed by atoms with Gasteiger partial charge in [0.2, 0.25) is 5.29 Å². The third-order valence-electron chi connectivity index (χ3n) is 0.254. The lowest BCUT2D eigenvalue weighted by molar-refractivity contribution is 0.692. The van der Waals surface area contributed by atoms with Crippen molar-refractivity contribution in [1.29, 1.82) is 0 Å². The van der Waals surface area contributed by atoms with E-state index < -0.39 is 10.4 Å². The first kappa shape index (κ1) is 6.74. The Hall–Kier alpha value is -0.260. The Morgan fingerprint density at radius 3 is 2.00 bits per heavy atom. The smallest absolute Gasteiger partial charge is 0.221 e. The van der Waals surface area contributed by atoms with Gasteiger partial charge in [-0.25, -0.2) is 9.24 Å². The summed E-state index contributed by atoms with van der Waals surface area (Å²) in [5, 5.41) is -1.78. The quantitative estimate of drug-likeness (QED) is 0.359. The summed E-state index contributed by atoms with van der Waals surface area (Å²) in [7, 11) is 0.